The van der Waals surface area contributed by atoms with Crippen molar-refractivity contribution >= 4 is 23.6 Å². The molecule has 0 aliphatic carbocycles. The number of nitrogens with two attached hydrogens (primary N) is 1. The zero-order valence-corrected chi connectivity index (χ0v) is 19.8. The predicted molar refractivity (Wildman–Crippen MR) is 125 cm³/mol. The molecule has 1 aliphatic heterocycles. The number of carbonyl (C=O) groups is 4. The number of amides is 4. The minimum absolute atomic E-state index is 0.167. The second-order valence-electron chi connectivity index (χ2n) is 8.67. The number of β-lactam (4-membered cyclic amide) rings is 1. The van der Waals surface area contributed by atoms with Gasteiger partial charge >= 0.3 is 0 Å². The van der Waals surface area contributed by atoms with E-state index in [1.165, 1.54) is 11.8 Å². The van der Waals surface area contributed by atoms with Crippen LogP contribution in [-0.4, -0.2) is 80.4 Å². The number of aliphatic hydroxyl groups is 1. The SMILES string of the molecule is Cc1nnn(Cc2ccccc2)c1C(=O)NCCCC1CN(CC(=O)NC(C(N)=O)C(C)O)C1=O. The molecule has 1 saturated heterocycles. The lowest BCUT2D eigenvalue weighted by Crippen LogP contribution is -2.58. The van der Waals surface area contributed by atoms with Crippen LogP contribution in [0.15, 0.2) is 30.3 Å². The van der Waals surface area contributed by atoms with E-state index >= 15 is 0 Å². The molecule has 2 aromatic rings. The first kappa shape index (κ1) is 25.8. The number of carbonyl (C=O) groups excluding carboxylic acids is 4. The fourth-order valence-electron chi connectivity index (χ4n) is 3.94. The molecule has 0 saturated carbocycles. The van der Waals surface area contributed by atoms with Gasteiger partial charge in [-0.05, 0) is 32.3 Å². The fourth-order valence-corrected chi connectivity index (χ4v) is 3.94. The minimum atomic E-state index is -1.21. The Morgan fingerprint density at radius 2 is 1.97 bits per heavy atom. The van der Waals surface area contributed by atoms with Crippen molar-refractivity contribution in [2.45, 2.75) is 45.4 Å². The van der Waals surface area contributed by atoms with E-state index < -0.39 is 24.0 Å². The van der Waals surface area contributed by atoms with E-state index in [1.54, 1.807) is 11.6 Å². The summed E-state index contributed by atoms with van der Waals surface area (Å²) in [7, 11) is 0. The molecule has 3 rings (SSSR count). The van der Waals surface area contributed by atoms with Crippen LogP contribution in [0.2, 0.25) is 0 Å². The van der Waals surface area contributed by atoms with Gasteiger partial charge in [0.15, 0.2) is 0 Å². The molecule has 2 heterocycles. The molecule has 5 N–H and O–H groups in total. The Morgan fingerprint density at radius 1 is 1.26 bits per heavy atom. The average molecular weight is 486 g/mol. The Balaban J connectivity index is 1.40. The van der Waals surface area contributed by atoms with Crippen molar-refractivity contribution < 1.29 is 24.3 Å². The number of nitrogens with zero attached hydrogens (tertiary/aromatic N) is 4. The molecule has 0 spiro atoms. The third-order valence-electron chi connectivity index (χ3n) is 5.85. The molecule has 0 radical (unpaired) electrons. The number of benzene rings is 1. The summed E-state index contributed by atoms with van der Waals surface area (Å²) in [6.07, 6.45) is 0.0193. The minimum Gasteiger partial charge on any atom is -0.391 e. The number of hydrogen-bond donors (Lipinski definition) is 4. The van der Waals surface area contributed by atoms with Gasteiger partial charge in [0, 0.05) is 13.1 Å². The maximum Gasteiger partial charge on any atom is 0.271 e. The van der Waals surface area contributed by atoms with E-state index in [-0.39, 0.29) is 24.3 Å². The lowest BCUT2D eigenvalue weighted by molar-refractivity contribution is -0.151. The average Bonchev–Trinajstić information content (AvgIpc) is 3.18. The van der Waals surface area contributed by atoms with Crippen LogP contribution in [-0.2, 0) is 20.9 Å². The summed E-state index contributed by atoms with van der Waals surface area (Å²) in [6, 6.07) is 8.45. The maximum absolute atomic E-state index is 12.7. The van der Waals surface area contributed by atoms with E-state index in [1.807, 2.05) is 30.3 Å². The largest absolute Gasteiger partial charge is 0.391 e. The Hall–Kier alpha value is -3.80. The van der Waals surface area contributed by atoms with Crippen molar-refractivity contribution in [1.29, 1.82) is 0 Å². The van der Waals surface area contributed by atoms with Crippen LogP contribution in [0.4, 0.5) is 0 Å². The molecule has 4 amide bonds. The topological polar surface area (TPSA) is 173 Å². The Morgan fingerprint density at radius 3 is 2.60 bits per heavy atom. The predicted octanol–water partition coefficient (Wildman–Crippen LogP) is -1.05. The molecule has 0 bridgehead atoms. The van der Waals surface area contributed by atoms with Crippen LogP contribution < -0.4 is 16.4 Å². The summed E-state index contributed by atoms with van der Waals surface area (Å²) >= 11 is 0. The highest BCUT2D eigenvalue weighted by molar-refractivity contribution is 5.93. The van der Waals surface area contributed by atoms with E-state index in [0.717, 1.165) is 5.56 Å². The third kappa shape index (κ3) is 6.63. The van der Waals surface area contributed by atoms with Crippen LogP contribution in [0.5, 0.6) is 0 Å². The van der Waals surface area contributed by atoms with Gasteiger partial charge in [0.1, 0.15) is 11.7 Å². The Bertz CT molecular complexity index is 1070. The molecule has 3 unspecified atom stereocenters. The molecule has 188 valence electrons. The highest BCUT2D eigenvalue weighted by Gasteiger charge is 2.37. The number of nitrogens with one attached hydrogen (secondary N) is 2. The van der Waals surface area contributed by atoms with Gasteiger partial charge in [-0.1, -0.05) is 35.5 Å². The molecular formula is C23H31N7O5. The van der Waals surface area contributed by atoms with Gasteiger partial charge in [0.25, 0.3) is 5.91 Å². The summed E-state index contributed by atoms with van der Waals surface area (Å²) in [5.74, 6) is -2.08. The first-order chi connectivity index (χ1) is 16.7. The zero-order chi connectivity index (χ0) is 25.5. The number of primary amides is 1. The second-order valence-corrected chi connectivity index (χ2v) is 8.67. The highest BCUT2D eigenvalue weighted by Crippen LogP contribution is 2.22. The normalized spacial score (nSPS) is 16.8. The van der Waals surface area contributed by atoms with E-state index in [2.05, 4.69) is 20.9 Å². The van der Waals surface area contributed by atoms with Crippen LogP contribution in [0.1, 0.15) is 41.5 Å². The van der Waals surface area contributed by atoms with Crippen molar-refractivity contribution in [2.24, 2.45) is 11.7 Å². The van der Waals surface area contributed by atoms with Crippen molar-refractivity contribution in [3.63, 3.8) is 0 Å². The molecule has 1 aliphatic rings. The number of aliphatic hydroxyl groups excluding tert-OH is 1. The lowest BCUT2D eigenvalue weighted by Gasteiger charge is -2.38. The maximum atomic E-state index is 12.7. The second kappa shape index (κ2) is 11.6. The first-order valence-electron chi connectivity index (χ1n) is 11.4. The van der Waals surface area contributed by atoms with E-state index in [0.29, 0.717) is 43.9 Å². The first-order valence-corrected chi connectivity index (χ1v) is 11.4. The van der Waals surface area contributed by atoms with Crippen LogP contribution in [0.25, 0.3) is 0 Å². The molecule has 12 heteroatoms. The Labute approximate surface area is 202 Å². The number of aryl methyl sites for hydroxylation is 1. The summed E-state index contributed by atoms with van der Waals surface area (Å²) in [5, 5.41) is 22.8. The molecule has 1 fully saturated rings. The van der Waals surface area contributed by atoms with Crippen molar-refractivity contribution in [2.75, 3.05) is 19.6 Å². The van der Waals surface area contributed by atoms with Gasteiger partial charge in [0.05, 0.1) is 30.8 Å². The number of hydrogen-bond acceptors (Lipinski definition) is 7. The fraction of sp³-hybridized carbons (Fsp3) is 0.478. The quantitative estimate of drug-likeness (QED) is 0.219. The van der Waals surface area contributed by atoms with Crippen molar-refractivity contribution in [3.05, 3.63) is 47.3 Å². The van der Waals surface area contributed by atoms with Crippen LogP contribution in [0.3, 0.4) is 0 Å². The van der Waals surface area contributed by atoms with Gasteiger partial charge in [-0.2, -0.15) is 0 Å². The number of aromatic nitrogens is 3. The van der Waals surface area contributed by atoms with Gasteiger partial charge in [0.2, 0.25) is 17.7 Å². The van der Waals surface area contributed by atoms with Gasteiger partial charge in [-0.3, -0.25) is 19.2 Å². The smallest absolute Gasteiger partial charge is 0.271 e. The van der Waals surface area contributed by atoms with Crippen molar-refractivity contribution in [3.8, 4) is 0 Å². The Kier molecular flexibility index (Phi) is 8.53. The van der Waals surface area contributed by atoms with E-state index in [9.17, 15) is 24.3 Å². The molecule has 1 aromatic heterocycles. The van der Waals surface area contributed by atoms with E-state index in [4.69, 9.17) is 5.73 Å². The molecule has 12 nitrogen and oxygen atoms in total. The standard InChI is InChI=1S/C23H31N7O5/c1-14-20(30(28-27-14)11-16-7-4-3-5-8-16)22(34)25-10-6-9-17-12-29(23(17)35)13-18(32)26-19(15(2)31)21(24)33/h3-5,7-8,15,17,19,31H,6,9-13H2,1-2H3,(H2,24,33)(H,25,34)(H,26,32). The number of rotatable bonds is 12. The lowest BCUT2D eigenvalue weighted by atomic mass is 9.93. The van der Waals surface area contributed by atoms with Crippen LogP contribution >= 0.6 is 0 Å². The monoisotopic (exact) mass is 485 g/mol. The summed E-state index contributed by atoms with van der Waals surface area (Å²) in [6.45, 7) is 4.08. The highest BCUT2D eigenvalue weighted by atomic mass is 16.3. The summed E-state index contributed by atoms with van der Waals surface area (Å²) in [5.41, 5.74) is 7.09. The van der Waals surface area contributed by atoms with Gasteiger partial charge in [-0.15, -0.1) is 5.10 Å². The molecule has 1 aromatic carbocycles. The number of likely N-dealkylation sites (tertiary alicyclic amines) is 1. The molecular weight excluding hydrogens is 454 g/mol. The van der Waals surface area contributed by atoms with Crippen LogP contribution in [0, 0.1) is 12.8 Å². The van der Waals surface area contributed by atoms with Crippen molar-refractivity contribution in [1.82, 2.24) is 30.5 Å². The molecule has 3 atom stereocenters. The third-order valence-corrected chi connectivity index (χ3v) is 5.85. The summed E-state index contributed by atoms with van der Waals surface area (Å²) in [4.78, 5) is 49.7. The van der Waals surface area contributed by atoms with Gasteiger partial charge < -0.3 is 26.4 Å². The summed E-state index contributed by atoms with van der Waals surface area (Å²) < 4.78 is 1.57. The zero-order valence-electron chi connectivity index (χ0n) is 19.8. The molecule has 35 heavy (non-hydrogen) atoms. The van der Waals surface area contributed by atoms with Gasteiger partial charge in [-0.25, -0.2) is 4.68 Å².